The molecule has 0 aromatic rings. The molecule has 0 aliphatic carbocycles. The van der Waals surface area contributed by atoms with Crippen molar-refractivity contribution < 1.29 is 0 Å². The van der Waals surface area contributed by atoms with E-state index in [9.17, 15) is 0 Å². The van der Waals surface area contributed by atoms with Gasteiger partial charge in [0, 0.05) is 0 Å². The third-order valence-electron chi connectivity index (χ3n) is 0. The van der Waals surface area contributed by atoms with Crippen LogP contribution in [-0.4, -0.2) is 18.1 Å². The van der Waals surface area contributed by atoms with Gasteiger partial charge in [-0.2, -0.15) is 0 Å². The first-order chi connectivity index (χ1) is 3.41. The van der Waals surface area contributed by atoms with Crippen molar-refractivity contribution in [2.45, 2.75) is 0 Å². The minimum atomic E-state index is -1.40. The first kappa shape index (κ1) is 14.3. The van der Waals surface area contributed by atoms with Gasteiger partial charge in [0.1, 0.15) is 0 Å². The zero-order valence-corrected chi connectivity index (χ0v) is 17.0. The second-order valence-corrected chi connectivity index (χ2v) is 170. The molecule has 0 aliphatic rings. The molecule has 0 bridgehead atoms. The van der Waals surface area contributed by atoms with Gasteiger partial charge in [0.2, 0.25) is 0 Å². The van der Waals surface area contributed by atoms with E-state index < -0.39 is 4.00 Å². The molecule has 0 aromatic heterocycles. The molecule has 0 radical (unpaired) electrons. The van der Waals surface area contributed by atoms with E-state index in [4.69, 9.17) is 0 Å². The third kappa shape index (κ3) is 52.5. The first-order valence-electron chi connectivity index (χ1n) is 1.76. The Hall–Kier alpha value is 3.80. The van der Waals surface area contributed by atoms with Crippen LogP contribution in [-0.2, 0) is 0 Å². The number of hydrogen-bond acceptors (Lipinski definition) is 1. The molecule has 0 atom stereocenters. The van der Waals surface area contributed by atoms with Crippen LogP contribution < -0.4 is 5.32 Å². The normalized spacial score (nSPS) is 9.75. The fourth-order valence-corrected chi connectivity index (χ4v) is 0. The molecule has 52 valence electrons. The van der Waals surface area contributed by atoms with Crippen molar-refractivity contribution in [1.29, 1.82) is 0 Å². The predicted octanol–water partition coefficient (Wildman–Crippen LogP) is 3.00. The van der Waals surface area contributed by atoms with Crippen LogP contribution in [0.1, 0.15) is 0 Å². The number of hydrogen-bond donors (Lipinski definition) is 1. The van der Waals surface area contributed by atoms with Crippen LogP contribution in [0, 0.1) is 0 Å². The Morgan fingerprint density at radius 3 is 1.00 bits per heavy atom. The first-order valence-corrected chi connectivity index (χ1v) is 45.5. The van der Waals surface area contributed by atoms with Crippen molar-refractivity contribution in [3.8, 4) is 0 Å². The Balaban J connectivity index is 0. The fourth-order valence-electron chi connectivity index (χ4n) is 0. The molecular weight excluding hydrogens is 753 g/mol. The molecule has 0 saturated carbocycles. The van der Waals surface area contributed by atoms with Crippen molar-refractivity contribution in [3.05, 3.63) is 0 Å². The van der Waals surface area contributed by atoms with E-state index in [1.165, 1.54) is 0 Å². The summed E-state index contributed by atoms with van der Waals surface area (Å²) in [5.41, 5.74) is 0. The molecule has 0 aromatic carbocycles. The van der Waals surface area contributed by atoms with E-state index in [1.54, 1.807) is 0 Å². The fraction of sp³-hybridized carbons (Fsp3) is 1.00. The van der Waals surface area contributed by atoms with Gasteiger partial charge in [-0.25, -0.2) is 0 Å². The zero-order valence-electron chi connectivity index (χ0n) is 4.51. The summed E-state index contributed by atoms with van der Waals surface area (Å²) in [6.45, 7) is 0. The van der Waals surface area contributed by atoms with Gasteiger partial charge in [0.15, 0.2) is 0 Å². The maximum atomic E-state index is 2.75. The summed E-state index contributed by atoms with van der Waals surface area (Å²) < 4.78 is -1.40. The molecule has 0 saturated heterocycles. The molecule has 0 unspecified atom stereocenters. The molecule has 0 rings (SSSR count). The van der Waals surface area contributed by atoms with Gasteiger partial charge in [0.25, 0.3) is 0 Å². The predicted molar refractivity (Wildman–Crippen MR) is 76.8 cm³/mol. The Morgan fingerprint density at radius 2 is 1.00 bits per heavy atom. The Morgan fingerprint density at radius 1 is 1.00 bits per heavy atom. The Labute approximate surface area is 91.4 Å². The SMILES string of the molecule is CNC.[I][Pb]([I])([I])[I]. The van der Waals surface area contributed by atoms with Crippen LogP contribution in [0.4, 0.5) is 0 Å². The van der Waals surface area contributed by atoms with Crippen LogP contribution >= 0.6 is 71.0 Å². The molecule has 0 spiro atoms. The zero-order chi connectivity index (χ0) is 7.21. The summed E-state index contributed by atoms with van der Waals surface area (Å²) in [4.78, 5) is 0. The summed E-state index contributed by atoms with van der Waals surface area (Å²) in [5.74, 6) is 0. The van der Waals surface area contributed by atoms with Gasteiger partial charge in [-0.1, -0.05) is 0 Å². The van der Waals surface area contributed by atoms with E-state index in [1.807, 2.05) is 14.1 Å². The molecule has 0 heterocycles. The van der Waals surface area contributed by atoms with Crippen molar-refractivity contribution in [3.63, 3.8) is 0 Å². The van der Waals surface area contributed by atoms with Gasteiger partial charge >= 0.3 is 75.0 Å². The molecule has 1 nitrogen and oxygen atoms in total. The minimum absolute atomic E-state index is 1.40. The van der Waals surface area contributed by atoms with E-state index in [-0.39, 0.29) is 0 Å². The number of halogens is 4. The van der Waals surface area contributed by atoms with Crippen LogP contribution in [0.25, 0.3) is 0 Å². The van der Waals surface area contributed by atoms with Gasteiger partial charge in [-0.3, -0.25) is 0 Å². The van der Waals surface area contributed by atoms with Crippen molar-refractivity contribution in [2.24, 2.45) is 0 Å². The summed E-state index contributed by atoms with van der Waals surface area (Å²) in [6, 6.07) is 0. The molecule has 6 heteroatoms. The Kier molecular flexibility index (Phi) is 15.9. The maximum absolute atomic E-state index is 2.75. The van der Waals surface area contributed by atoms with Gasteiger partial charge < -0.3 is 5.32 Å². The van der Waals surface area contributed by atoms with Gasteiger partial charge in [0.05, 0.1) is 0 Å². The van der Waals surface area contributed by atoms with Crippen molar-refractivity contribution in [1.82, 2.24) is 5.32 Å². The molecule has 0 fully saturated rings. The monoisotopic (exact) mass is 761 g/mol. The Bertz CT molecular complexity index is 37.8. The average Bonchev–Trinajstić information content (AvgIpc) is 1.27. The van der Waals surface area contributed by atoms with Crippen molar-refractivity contribution in [2.75, 3.05) is 14.1 Å². The number of rotatable bonds is 0. The topological polar surface area (TPSA) is 12.0 Å². The molecule has 8 heavy (non-hydrogen) atoms. The second kappa shape index (κ2) is 8.89. The number of nitrogens with one attached hydrogen (secondary N) is 1. The van der Waals surface area contributed by atoms with Gasteiger partial charge in [-0.15, -0.1) is 0 Å². The van der Waals surface area contributed by atoms with Gasteiger partial charge in [-0.05, 0) is 14.1 Å². The molecule has 1 N–H and O–H groups in total. The molecule has 0 aliphatic heterocycles. The molecule has 0 amide bonds. The van der Waals surface area contributed by atoms with E-state index in [0.717, 1.165) is 0 Å². The summed E-state index contributed by atoms with van der Waals surface area (Å²) in [7, 11) is 3.75. The average molecular weight is 760 g/mol. The van der Waals surface area contributed by atoms with E-state index in [0.29, 0.717) is 0 Å². The van der Waals surface area contributed by atoms with E-state index >= 15 is 0 Å². The van der Waals surface area contributed by atoms with Crippen LogP contribution in [0.15, 0.2) is 0 Å². The molecular formula is C2H7I4NPb. The van der Waals surface area contributed by atoms with Crippen LogP contribution in [0.5, 0.6) is 0 Å². The second-order valence-electron chi connectivity index (χ2n) is 0.929. The summed E-state index contributed by atoms with van der Waals surface area (Å²) in [6.07, 6.45) is 0. The summed E-state index contributed by atoms with van der Waals surface area (Å²) >= 11 is 10.2. The standard InChI is InChI=1S/C2H7N.4HI.Pb/c1-3-2;;;;;/h3H,1-2H3;4*1H;/q;;;;;+4/p-4. The quantitative estimate of drug-likeness (QED) is 0.296. The van der Waals surface area contributed by atoms with E-state index in [2.05, 4.69) is 76.4 Å². The van der Waals surface area contributed by atoms with Crippen LogP contribution in [0.2, 0.25) is 0 Å². The third-order valence-corrected chi connectivity index (χ3v) is 0. The van der Waals surface area contributed by atoms with Crippen LogP contribution in [0.3, 0.4) is 0 Å². The van der Waals surface area contributed by atoms with Crippen molar-refractivity contribution >= 4 is 75.0 Å². The summed E-state index contributed by atoms with van der Waals surface area (Å²) in [5, 5.41) is 2.75.